The number of ether oxygens (including phenoxy) is 2. The third kappa shape index (κ3) is 9.79. The van der Waals surface area contributed by atoms with Crippen LogP contribution < -0.4 is 9.47 Å². The van der Waals surface area contributed by atoms with Crippen molar-refractivity contribution in [2.24, 2.45) is 5.16 Å². The first-order chi connectivity index (χ1) is 11.9. The standard InChI is InChI=1S/C17H21Br2F2NO3/c1-12(2)22-25-8-5-3-4-7-24-17-14(20)10-13(11-15(17)21)23-9-6-16(18)19/h6,10-11H,3-5,7-9H2,1-2H3. The second kappa shape index (κ2) is 12.2. The van der Waals surface area contributed by atoms with E-state index < -0.39 is 11.6 Å². The van der Waals surface area contributed by atoms with E-state index in [1.165, 1.54) is 0 Å². The highest BCUT2D eigenvalue weighted by molar-refractivity contribution is 9.28. The molecule has 0 aromatic heterocycles. The Morgan fingerprint density at radius 3 is 2.28 bits per heavy atom. The predicted molar refractivity (Wildman–Crippen MR) is 102 cm³/mol. The van der Waals surface area contributed by atoms with Gasteiger partial charge in [0.05, 0.1) is 15.7 Å². The lowest BCUT2D eigenvalue weighted by Gasteiger charge is -2.10. The molecule has 0 aliphatic heterocycles. The molecular formula is C17H21Br2F2NO3. The number of unbranched alkanes of at least 4 members (excludes halogenated alkanes) is 2. The highest BCUT2D eigenvalue weighted by Crippen LogP contribution is 2.27. The van der Waals surface area contributed by atoms with Crippen LogP contribution in [0.5, 0.6) is 11.5 Å². The fraction of sp³-hybridized carbons (Fsp3) is 0.471. The summed E-state index contributed by atoms with van der Waals surface area (Å²) in [5.41, 5.74) is 0.859. The van der Waals surface area contributed by atoms with Gasteiger partial charge >= 0.3 is 0 Å². The molecule has 1 aromatic carbocycles. The summed E-state index contributed by atoms with van der Waals surface area (Å²) in [5.74, 6) is -1.85. The van der Waals surface area contributed by atoms with Crippen molar-refractivity contribution < 1.29 is 23.1 Å². The molecule has 25 heavy (non-hydrogen) atoms. The molecule has 1 aromatic rings. The average Bonchev–Trinajstić information content (AvgIpc) is 2.51. The van der Waals surface area contributed by atoms with E-state index in [0.29, 0.717) is 16.4 Å². The Labute approximate surface area is 163 Å². The first-order valence-electron chi connectivity index (χ1n) is 7.79. The topological polar surface area (TPSA) is 40.0 Å². The van der Waals surface area contributed by atoms with Crippen LogP contribution in [0.15, 0.2) is 26.8 Å². The van der Waals surface area contributed by atoms with Gasteiger partial charge in [-0.15, -0.1) is 0 Å². The van der Waals surface area contributed by atoms with Crippen LogP contribution in [0, 0.1) is 11.6 Å². The Bertz CT molecular complexity index is 579. The molecule has 0 unspecified atom stereocenters. The number of halogens is 4. The SMILES string of the molecule is CC(C)=NOCCCCCOc1c(F)cc(OCC=C(Br)Br)cc1F. The first-order valence-corrected chi connectivity index (χ1v) is 9.37. The summed E-state index contributed by atoms with van der Waals surface area (Å²) in [6, 6.07) is 2.21. The van der Waals surface area contributed by atoms with E-state index in [2.05, 4.69) is 37.0 Å². The molecule has 0 amide bonds. The molecule has 0 saturated heterocycles. The maximum Gasteiger partial charge on any atom is 0.190 e. The van der Waals surface area contributed by atoms with Crippen LogP contribution in [0.4, 0.5) is 8.78 Å². The summed E-state index contributed by atoms with van der Waals surface area (Å²) in [6.45, 7) is 4.62. The van der Waals surface area contributed by atoms with Crippen molar-refractivity contribution in [1.82, 2.24) is 0 Å². The molecule has 0 aliphatic rings. The van der Waals surface area contributed by atoms with Crippen molar-refractivity contribution >= 4 is 37.6 Å². The van der Waals surface area contributed by atoms with Crippen LogP contribution in [0.3, 0.4) is 0 Å². The molecule has 0 N–H and O–H groups in total. The minimum atomic E-state index is -0.784. The van der Waals surface area contributed by atoms with Crippen LogP contribution in [0.2, 0.25) is 0 Å². The van der Waals surface area contributed by atoms with Crippen LogP contribution in [0.25, 0.3) is 0 Å². The summed E-state index contributed by atoms with van der Waals surface area (Å²) in [5, 5.41) is 3.82. The Hall–Kier alpha value is -1.15. The van der Waals surface area contributed by atoms with Crippen LogP contribution in [-0.4, -0.2) is 25.5 Å². The summed E-state index contributed by atoms with van der Waals surface area (Å²) < 4.78 is 39.0. The van der Waals surface area contributed by atoms with Gasteiger partial charge in [0.15, 0.2) is 17.4 Å². The van der Waals surface area contributed by atoms with Gasteiger partial charge in [0.25, 0.3) is 0 Å². The smallest absolute Gasteiger partial charge is 0.190 e. The molecule has 0 fully saturated rings. The number of benzene rings is 1. The van der Waals surface area contributed by atoms with Crippen molar-refractivity contribution in [1.29, 1.82) is 0 Å². The van der Waals surface area contributed by atoms with E-state index in [1.54, 1.807) is 6.08 Å². The summed E-state index contributed by atoms with van der Waals surface area (Å²) in [7, 11) is 0. The Morgan fingerprint density at radius 1 is 1.04 bits per heavy atom. The average molecular weight is 485 g/mol. The highest BCUT2D eigenvalue weighted by atomic mass is 79.9. The predicted octanol–water partition coefficient (Wildman–Crippen LogP) is 5.94. The molecule has 0 radical (unpaired) electrons. The van der Waals surface area contributed by atoms with E-state index in [4.69, 9.17) is 14.3 Å². The molecule has 140 valence electrons. The van der Waals surface area contributed by atoms with Crippen molar-refractivity contribution in [3.8, 4) is 11.5 Å². The van der Waals surface area contributed by atoms with Crippen molar-refractivity contribution in [2.45, 2.75) is 33.1 Å². The van der Waals surface area contributed by atoms with Crippen molar-refractivity contribution in [3.63, 3.8) is 0 Å². The van der Waals surface area contributed by atoms with Gasteiger partial charge in [-0.25, -0.2) is 8.78 Å². The Morgan fingerprint density at radius 2 is 1.68 bits per heavy atom. The maximum absolute atomic E-state index is 13.9. The molecule has 8 heteroatoms. The third-order valence-corrected chi connectivity index (χ3v) is 3.48. The van der Waals surface area contributed by atoms with Crippen molar-refractivity contribution in [2.75, 3.05) is 19.8 Å². The largest absolute Gasteiger partial charge is 0.489 e. The highest BCUT2D eigenvalue weighted by Gasteiger charge is 2.13. The van der Waals surface area contributed by atoms with Crippen LogP contribution >= 0.6 is 31.9 Å². The number of hydrogen-bond acceptors (Lipinski definition) is 4. The Kier molecular flexibility index (Phi) is 10.7. The minimum absolute atomic E-state index is 0.101. The lowest BCUT2D eigenvalue weighted by atomic mass is 10.2. The molecule has 0 bridgehead atoms. The van der Waals surface area contributed by atoms with Gasteiger partial charge in [-0.05, 0) is 71.0 Å². The maximum atomic E-state index is 13.9. The molecule has 0 saturated carbocycles. The van der Waals surface area contributed by atoms with Gasteiger partial charge in [0.1, 0.15) is 19.0 Å². The zero-order valence-corrected chi connectivity index (χ0v) is 17.3. The zero-order valence-electron chi connectivity index (χ0n) is 14.2. The number of hydrogen-bond donors (Lipinski definition) is 0. The molecule has 0 atom stereocenters. The molecule has 4 nitrogen and oxygen atoms in total. The fourth-order valence-electron chi connectivity index (χ4n) is 1.75. The number of oxime groups is 1. The molecule has 0 spiro atoms. The van der Waals surface area contributed by atoms with Gasteiger partial charge in [0, 0.05) is 12.1 Å². The zero-order chi connectivity index (χ0) is 18.7. The van der Waals surface area contributed by atoms with Crippen LogP contribution in [0.1, 0.15) is 33.1 Å². The lowest BCUT2D eigenvalue weighted by Crippen LogP contribution is -2.03. The van der Waals surface area contributed by atoms with Crippen LogP contribution in [-0.2, 0) is 4.84 Å². The summed E-state index contributed by atoms with van der Waals surface area (Å²) in [6.07, 6.45) is 3.95. The van der Waals surface area contributed by atoms with E-state index >= 15 is 0 Å². The van der Waals surface area contributed by atoms with E-state index in [-0.39, 0.29) is 24.7 Å². The molecule has 0 heterocycles. The molecule has 0 aliphatic carbocycles. The van der Waals surface area contributed by atoms with Crippen molar-refractivity contribution in [3.05, 3.63) is 33.2 Å². The monoisotopic (exact) mass is 483 g/mol. The van der Waals surface area contributed by atoms with E-state index in [9.17, 15) is 8.78 Å². The van der Waals surface area contributed by atoms with E-state index in [0.717, 1.165) is 30.7 Å². The fourth-order valence-corrected chi connectivity index (χ4v) is 2.02. The Balaban J connectivity index is 2.36. The normalized spacial score (nSPS) is 10.2. The van der Waals surface area contributed by atoms with Gasteiger partial charge in [-0.3, -0.25) is 0 Å². The van der Waals surface area contributed by atoms with Gasteiger partial charge in [-0.2, -0.15) is 0 Å². The first kappa shape index (κ1) is 21.9. The van der Waals surface area contributed by atoms with Gasteiger partial charge in [-0.1, -0.05) is 5.16 Å². The van der Waals surface area contributed by atoms with E-state index in [1.807, 2.05) is 13.8 Å². The number of nitrogens with zero attached hydrogens (tertiary/aromatic N) is 1. The third-order valence-electron chi connectivity index (χ3n) is 2.83. The second-order valence-electron chi connectivity index (χ2n) is 5.30. The molecule has 1 rings (SSSR count). The summed E-state index contributed by atoms with van der Waals surface area (Å²) in [4.78, 5) is 5.06. The quantitative estimate of drug-likeness (QED) is 0.222. The summed E-state index contributed by atoms with van der Waals surface area (Å²) >= 11 is 6.33. The van der Waals surface area contributed by atoms with Gasteiger partial charge < -0.3 is 14.3 Å². The van der Waals surface area contributed by atoms with Gasteiger partial charge in [0.2, 0.25) is 0 Å². The second-order valence-corrected chi connectivity index (χ2v) is 8.07. The lowest BCUT2D eigenvalue weighted by molar-refractivity contribution is 0.138. The molecular weight excluding hydrogens is 464 g/mol. The number of rotatable bonds is 11. The minimum Gasteiger partial charge on any atom is -0.489 e.